The Morgan fingerprint density at radius 3 is 2.34 bits per heavy atom. The molecule has 0 aliphatic carbocycles. The first kappa shape index (κ1) is 28.7. The number of aromatic nitrogens is 3. The first-order valence-corrected chi connectivity index (χ1v) is 11.1. The van der Waals surface area contributed by atoms with Crippen molar-refractivity contribution in [1.82, 2.24) is 19.7 Å². The van der Waals surface area contributed by atoms with E-state index in [1.165, 1.54) is 24.3 Å². The Balaban J connectivity index is 1.90. The highest BCUT2D eigenvalue weighted by molar-refractivity contribution is 6.30. The molecule has 204 valence electrons. The van der Waals surface area contributed by atoms with Gasteiger partial charge in [-0.25, -0.2) is 9.48 Å². The molecule has 0 aliphatic rings. The summed E-state index contributed by atoms with van der Waals surface area (Å²) in [5.41, 5.74) is -2.15. The lowest BCUT2D eigenvalue weighted by atomic mass is 10.0. The van der Waals surface area contributed by atoms with E-state index in [4.69, 9.17) is 11.6 Å². The third kappa shape index (κ3) is 7.57. The molecule has 1 aromatic heterocycles. The van der Waals surface area contributed by atoms with Crippen molar-refractivity contribution in [3.8, 4) is 11.4 Å². The third-order valence-electron chi connectivity index (χ3n) is 5.22. The van der Waals surface area contributed by atoms with E-state index in [0.29, 0.717) is 20.3 Å². The fourth-order valence-corrected chi connectivity index (χ4v) is 3.61. The molecule has 16 heteroatoms. The fraction of sp³-hybridized carbons (Fsp3) is 0.318. The zero-order chi connectivity index (χ0) is 28.3. The molecular formula is C22H18ClF6N5O4. The number of amides is 1. The topological polar surface area (TPSA) is 112 Å². The van der Waals surface area contributed by atoms with Crippen LogP contribution in [-0.2, 0) is 24.1 Å². The molecule has 3 aromatic rings. The number of nitrogens with one attached hydrogen (secondary N) is 1. The molecule has 0 aliphatic heterocycles. The summed E-state index contributed by atoms with van der Waals surface area (Å²) in [5.74, 6) is -1.23. The Kier molecular flexibility index (Phi) is 8.49. The van der Waals surface area contributed by atoms with Gasteiger partial charge < -0.3 is 5.32 Å². The van der Waals surface area contributed by atoms with E-state index in [0.717, 1.165) is 18.2 Å². The molecule has 1 N–H and O–H groups in total. The number of hydrogen-bond acceptors (Lipinski definition) is 5. The van der Waals surface area contributed by atoms with E-state index < -0.39 is 66.5 Å². The van der Waals surface area contributed by atoms with Crippen molar-refractivity contribution in [3.63, 3.8) is 0 Å². The number of alkyl halides is 6. The molecule has 1 unspecified atom stereocenters. The maximum atomic E-state index is 13.1. The minimum atomic E-state index is -4.74. The predicted octanol–water partition coefficient (Wildman–Crippen LogP) is 4.47. The quantitative estimate of drug-likeness (QED) is 0.234. The Bertz CT molecular complexity index is 1370. The molecule has 0 spiro atoms. The summed E-state index contributed by atoms with van der Waals surface area (Å²) < 4.78 is 79.0. The Morgan fingerprint density at radius 2 is 1.76 bits per heavy atom. The summed E-state index contributed by atoms with van der Waals surface area (Å²) in [6, 6.07) is 7.70. The molecule has 0 radical (unpaired) electrons. The van der Waals surface area contributed by atoms with Crippen molar-refractivity contribution < 1.29 is 36.1 Å². The smallest absolute Gasteiger partial charge is 0.341 e. The van der Waals surface area contributed by atoms with Gasteiger partial charge in [0.05, 0.1) is 12.0 Å². The molecule has 0 saturated heterocycles. The maximum absolute atomic E-state index is 13.1. The lowest BCUT2D eigenvalue weighted by Crippen LogP contribution is -2.38. The normalized spacial score (nSPS) is 12.8. The summed E-state index contributed by atoms with van der Waals surface area (Å²) >= 11 is 5.83. The van der Waals surface area contributed by atoms with Crippen LogP contribution in [0.5, 0.6) is 0 Å². The fourth-order valence-electron chi connectivity index (χ4n) is 3.49. The van der Waals surface area contributed by atoms with Crippen molar-refractivity contribution in [2.45, 2.75) is 37.9 Å². The monoisotopic (exact) mass is 565 g/mol. The summed E-state index contributed by atoms with van der Waals surface area (Å²) in [6.45, 7) is -2.65. The number of benzene rings is 2. The first-order valence-electron chi connectivity index (χ1n) is 10.7. The highest BCUT2D eigenvalue weighted by Crippen LogP contribution is 2.31. The van der Waals surface area contributed by atoms with E-state index in [1.807, 2.05) is 0 Å². The zero-order valence-electron chi connectivity index (χ0n) is 19.1. The van der Waals surface area contributed by atoms with Crippen LogP contribution in [-0.4, -0.2) is 37.9 Å². The highest BCUT2D eigenvalue weighted by Gasteiger charge is 2.32. The molecule has 1 heterocycles. The van der Waals surface area contributed by atoms with Gasteiger partial charge in [0.25, 0.3) is 0 Å². The Morgan fingerprint density at radius 1 is 1.11 bits per heavy atom. The number of rotatable bonds is 9. The SMILES string of the molecule is O=C(Cn1nc(-c2ccc(Cl)cc2)n(CCC(F)(F)F)c1=O)NC(C[N+](=O)[O-])c1cccc(C(F)(F)F)c1. The first-order chi connectivity index (χ1) is 17.6. The molecule has 0 fully saturated rings. The number of hydrogen-bond donors (Lipinski definition) is 1. The van der Waals surface area contributed by atoms with E-state index in [2.05, 4.69) is 10.4 Å². The van der Waals surface area contributed by atoms with Gasteiger partial charge in [-0.3, -0.25) is 19.5 Å². The number of nitro groups is 1. The molecule has 9 nitrogen and oxygen atoms in total. The van der Waals surface area contributed by atoms with E-state index in [-0.39, 0.29) is 17.0 Å². The molecule has 1 amide bonds. The summed E-state index contributed by atoms with van der Waals surface area (Å²) in [7, 11) is 0. The molecular weight excluding hydrogens is 548 g/mol. The standard InChI is InChI=1S/C22H18ClF6N5O4/c23-16-6-4-13(5-7-16)19-31-33(20(36)32(19)9-8-21(24,25)26)12-18(35)30-17(11-34(37)38)14-2-1-3-15(10-14)22(27,28)29/h1-7,10,17H,8-9,11-12H2,(H,30,35). The van der Waals surface area contributed by atoms with Crippen LogP contribution in [0.15, 0.2) is 53.3 Å². The van der Waals surface area contributed by atoms with Crippen LogP contribution in [0.4, 0.5) is 26.3 Å². The number of nitrogens with zero attached hydrogens (tertiary/aromatic N) is 4. The Hall–Kier alpha value is -3.88. The summed E-state index contributed by atoms with van der Waals surface area (Å²) in [4.78, 5) is 35.8. The van der Waals surface area contributed by atoms with Gasteiger partial charge >= 0.3 is 18.0 Å². The number of carbonyl (C=O) groups excluding carboxylic acids is 1. The van der Waals surface area contributed by atoms with Crippen LogP contribution in [0, 0.1) is 10.1 Å². The van der Waals surface area contributed by atoms with E-state index in [1.54, 1.807) is 0 Å². The maximum Gasteiger partial charge on any atom is 0.416 e. The van der Waals surface area contributed by atoms with Gasteiger partial charge in [-0.2, -0.15) is 26.3 Å². The van der Waals surface area contributed by atoms with Gasteiger partial charge in [0.15, 0.2) is 5.82 Å². The lowest BCUT2D eigenvalue weighted by molar-refractivity contribution is -0.484. The minimum Gasteiger partial charge on any atom is -0.341 e. The second-order valence-electron chi connectivity index (χ2n) is 8.05. The van der Waals surface area contributed by atoms with Gasteiger partial charge in [-0.1, -0.05) is 23.7 Å². The molecule has 3 rings (SSSR count). The lowest BCUT2D eigenvalue weighted by Gasteiger charge is -2.17. The predicted molar refractivity (Wildman–Crippen MR) is 122 cm³/mol. The van der Waals surface area contributed by atoms with Crippen molar-refractivity contribution in [2.75, 3.05) is 6.54 Å². The Labute approximate surface area is 214 Å². The van der Waals surface area contributed by atoms with Gasteiger partial charge in [-0.15, -0.1) is 5.10 Å². The summed E-state index contributed by atoms with van der Waals surface area (Å²) in [6.07, 6.45) is -10.7. The van der Waals surface area contributed by atoms with Crippen molar-refractivity contribution >= 4 is 17.5 Å². The second kappa shape index (κ2) is 11.2. The zero-order valence-corrected chi connectivity index (χ0v) is 19.8. The second-order valence-corrected chi connectivity index (χ2v) is 8.48. The average molecular weight is 566 g/mol. The van der Waals surface area contributed by atoms with Crippen LogP contribution in [0.25, 0.3) is 11.4 Å². The van der Waals surface area contributed by atoms with Gasteiger partial charge in [0.2, 0.25) is 12.5 Å². The molecule has 0 bridgehead atoms. The average Bonchev–Trinajstić information content (AvgIpc) is 3.11. The van der Waals surface area contributed by atoms with E-state index >= 15 is 0 Å². The minimum absolute atomic E-state index is 0.191. The van der Waals surface area contributed by atoms with E-state index in [9.17, 15) is 46.0 Å². The van der Waals surface area contributed by atoms with Gasteiger partial charge in [-0.05, 0) is 42.0 Å². The van der Waals surface area contributed by atoms with Crippen molar-refractivity contribution in [1.29, 1.82) is 0 Å². The van der Waals surface area contributed by atoms with Gasteiger partial charge in [0, 0.05) is 22.1 Å². The van der Waals surface area contributed by atoms with Crippen molar-refractivity contribution in [2.24, 2.45) is 0 Å². The third-order valence-corrected chi connectivity index (χ3v) is 5.47. The highest BCUT2D eigenvalue weighted by atomic mass is 35.5. The van der Waals surface area contributed by atoms with Crippen LogP contribution in [0.1, 0.15) is 23.6 Å². The molecule has 38 heavy (non-hydrogen) atoms. The van der Waals surface area contributed by atoms with Crippen LogP contribution < -0.4 is 11.0 Å². The number of carbonyl (C=O) groups is 1. The van der Waals surface area contributed by atoms with Crippen LogP contribution >= 0.6 is 11.6 Å². The molecule has 0 saturated carbocycles. The van der Waals surface area contributed by atoms with Crippen LogP contribution in [0.3, 0.4) is 0 Å². The molecule has 1 atom stereocenters. The molecule has 2 aromatic carbocycles. The number of halogens is 7. The summed E-state index contributed by atoms with van der Waals surface area (Å²) in [5, 5.41) is 17.6. The van der Waals surface area contributed by atoms with Crippen molar-refractivity contribution in [3.05, 3.63) is 85.3 Å². The largest absolute Gasteiger partial charge is 0.416 e. The van der Waals surface area contributed by atoms with Crippen LogP contribution in [0.2, 0.25) is 5.02 Å². The van der Waals surface area contributed by atoms with Gasteiger partial charge in [0.1, 0.15) is 12.6 Å².